The summed E-state index contributed by atoms with van der Waals surface area (Å²) in [5, 5.41) is 19.7. The molecule has 0 heterocycles. The number of aromatic hydroxyl groups is 2. The first-order valence-electron chi connectivity index (χ1n) is 6.92. The Kier molecular flexibility index (Phi) is 3.96. The number of sulfone groups is 1. The van der Waals surface area contributed by atoms with E-state index in [2.05, 4.69) is 0 Å². The topological polar surface area (TPSA) is 74.6 Å². The second-order valence-electron chi connectivity index (χ2n) is 5.70. The van der Waals surface area contributed by atoms with Crippen LogP contribution in [0.5, 0.6) is 11.5 Å². The lowest BCUT2D eigenvalue weighted by Gasteiger charge is -2.16. The molecule has 22 heavy (non-hydrogen) atoms. The lowest BCUT2D eigenvalue weighted by Crippen LogP contribution is -2.09. The lowest BCUT2D eigenvalue weighted by molar-refractivity contribution is 0.467. The highest BCUT2D eigenvalue weighted by atomic mass is 32.2. The fraction of sp³-hybridized carbons (Fsp3) is 0.294. The van der Waals surface area contributed by atoms with Crippen LogP contribution in [0.1, 0.15) is 27.8 Å². The van der Waals surface area contributed by atoms with E-state index in [0.717, 1.165) is 5.56 Å². The summed E-state index contributed by atoms with van der Waals surface area (Å²) >= 11 is 0. The van der Waals surface area contributed by atoms with Crippen LogP contribution in [0.2, 0.25) is 0 Å². The standard InChI is InChI=1S/C17H20O4S/c1-9-6-15(19)13(5)17(12(9)4)22(20,21)16-8-10(2)14(18)7-11(16)3/h6-8,18-19H,1-5H3. The molecule has 2 rings (SSSR count). The summed E-state index contributed by atoms with van der Waals surface area (Å²) in [7, 11) is -3.79. The van der Waals surface area contributed by atoms with Crippen molar-refractivity contribution in [1.82, 2.24) is 0 Å². The van der Waals surface area contributed by atoms with Gasteiger partial charge < -0.3 is 10.2 Å². The minimum absolute atomic E-state index is 0.0326. The van der Waals surface area contributed by atoms with Crippen molar-refractivity contribution in [2.24, 2.45) is 0 Å². The maximum Gasteiger partial charge on any atom is 0.207 e. The zero-order chi connectivity index (χ0) is 16.8. The fourth-order valence-electron chi connectivity index (χ4n) is 2.58. The molecule has 0 saturated heterocycles. The van der Waals surface area contributed by atoms with E-state index in [1.807, 2.05) is 0 Å². The van der Waals surface area contributed by atoms with Crippen LogP contribution in [0.25, 0.3) is 0 Å². The molecule has 0 aliphatic heterocycles. The molecule has 0 saturated carbocycles. The summed E-state index contributed by atoms with van der Waals surface area (Å²) in [5.41, 5.74) is 2.66. The zero-order valence-corrected chi connectivity index (χ0v) is 14.2. The molecule has 0 atom stereocenters. The molecular formula is C17H20O4S. The summed E-state index contributed by atoms with van der Waals surface area (Å²) < 4.78 is 26.1. The molecule has 5 heteroatoms. The van der Waals surface area contributed by atoms with Crippen molar-refractivity contribution in [2.75, 3.05) is 0 Å². The van der Waals surface area contributed by atoms with E-state index < -0.39 is 9.84 Å². The van der Waals surface area contributed by atoms with Gasteiger partial charge in [-0.1, -0.05) is 0 Å². The van der Waals surface area contributed by atoms with Gasteiger partial charge in [0, 0.05) is 5.56 Å². The molecule has 2 aromatic rings. The minimum Gasteiger partial charge on any atom is -0.508 e. The number of hydrogen-bond acceptors (Lipinski definition) is 4. The third kappa shape index (κ3) is 2.46. The van der Waals surface area contributed by atoms with Gasteiger partial charge in [0.15, 0.2) is 0 Å². The average Bonchev–Trinajstić information content (AvgIpc) is 2.40. The first kappa shape index (κ1) is 16.4. The summed E-state index contributed by atoms with van der Waals surface area (Å²) in [4.78, 5) is 0.289. The normalized spacial score (nSPS) is 11.7. The molecular weight excluding hydrogens is 300 g/mol. The van der Waals surface area contributed by atoms with Crippen LogP contribution in [-0.4, -0.2) is 18.6 Å². The molecule has 0 unspecified atom stereocenters. The second-order valence-corrected chi connectivity index (χ2v) is 7.55. The van der Waals surface area contributed by atoms with Gasteiger partial charge in [-0.15, -0.1) is 0 Å². The molecule has 0 amide bonds. The number of aryl methyl sites for hydroxylation is 3. The number of hydrogen-bond donors (Lipinski definition) is 2. The van der Waals surface area contributed by atoms with E-state index in [4.69, 9.17) is 0 Å². The number of benzene rings is 2. The Hall–Kier alpha value is -2.01. The Morgan fingerprint density at radius 3 is 1.86 bits per heavy atom. The van der Waals surface area contributed by atoms with Crippen LogP contribution in [-0.2, 0) is 9.84 Å². The van der Waals surface area contributed by atoms with Gasteiger partial charge >= 0.3 is 0 Å². The Balaban J connectivity index is 2.86. The first-order chi connectivity index (χ1) is 10.1. The van der Waals surface area contributed by atoms with Gasteiger partial charge in [0.05, 0.1) is 9.79 Å². The molecule has 0 fully saturated rings. The Bertz CT molecular complexity index is 839. The van der Waals surface area contributed by atoms with Crippen molar-refractivity contribution < 1.29 is 18.6 Å². The van der Waals surface area contributed by atoms with Gasteiger partial charge in [-0.3, -0.25) is 0 Å². The molecule has 2 N–H and O–H groups in total. The van der Waals surface area contributed by atoms with Gasteiger partial charge in [0.25, 0.3) is 0 Å². The van der Waals surface area contributed by atoms with Crippen LogP contribution in [0.4, 0.5) is 0 Å². The third-order valence-electron chi connectivity index (χ3n) is 4.06. The smallest absolute Gasteiger partial charge is 0.207 e. The van der Waals surface area contributed by atoms with E-state index in [1.165, 1.54) is 12.1 Å². The maximum absolute atomic E-state index is 13.1. The van der Waals surface area contributed by atoms with Crippen molar-refractivity contribution in [3.8, 4) is 11.5 Å². The number of phenolic OH excluding ortho intramolecular Hbond substituents is 2. The van der Waals surface area contributed by atoms with Crippen molar-refractivity contribution in [3.05, 3.63) is 46.0 Å². The van der Waals surface area contributed by atoms with Gasteiger partial charge in [0.1, 0.15) is 11.5 Å². The summed E-state index contributed by atoms with van der Waals surface area (Å²) in [6, 6.07) is 4.49. The van der Waals surface area contributed by atoms with Crippen molar-refractivity contribution in [3.63, 3.8) is 0 Å². The molecule has 0 radical (unpaired) electrons. The molecule has 0 aliphatic rings. The molecule has 118 valence electrons. The first-order valence-corrected chi connectivity index (χ1v) is 8.40. The van der Waals surface area contributed by atoms with Crippen LogP contribution < -0.4 is 0 Å². The van der Waals surface area contributed by atoms with Gasteiger partial charge in [-0.05, 0) is 75.1 Å². The third-order valence-corrected chi connectivity index (χ3v) is 6.23. The van der Waals surface area contributed by atoms with E-state index in [0.29, 0.717) is 22.3 Å². The van der Waals surface area contributed by atoms with Crippen LogP contribution in [0.3, 0.4) is 0 Å². The molecule has 0 bridgehead atoms. The van der Waals surface area contributed by atoms with Crippen LogP contribution in [0, 0.1) is 34.6 Å². The van der Waals surface area contributed by atoms with E-state index in [9.17, 15) is 18.6 Å². The van der Waals surface area contributed by atoms with Gasteiger partial charge in [-0.25, -0.2) is 8.42 Å². The zero-order valence-electron chi connectivity index (χ0n) is 13.4. The van der Waals surface area contributed by atoms with Crippen molar-refractivity contribution in [1.29, 1.82) is 0 Å². The highest BCUT2D eigenvalue weighted by Crippen LogP contribution is 2.36. The fourth-order valence-corrected chi connectivity index (χ4v) is 4.68. The molecule has 2 aromatic carbocycles. The average molecular weight is 320 g/mol. The predicted molar refractivity (Wildman–Crippen MR) is 85.4 cm³/mol. The summed E-state index contributed by atoms with van der Waals surface area (Å²) in [6.07, 6.45) is 0. The van der Waals surface area contributed by atoms with E-state index >= 15 is 0 Å². The summed E-state index contributed by atoms with van der Waals surface area (Å²) in [6.45, 7) is 8.39. The van der Waals surface area contributed by atoms with Crippen molar-refractivity contribution >= 4 is 9.84 Å². The highest BCUT2D eigenvalue weighted by molar-refractivity contribution is 7.91. The Labute approximate surface area is 131 Å². The largest absolute Gasteiger partial charge is 0.508 e. The number of rotatable bonds is 2. The van der Waals surface area contributed by atoms with E-state index in [1.54, 1.807) is 40.7 Å². The van der Waals surface area contributed by atoms with Crippen LogP contribution >= 0.6 is 0 Å². The lowest BCUT2D eigenvalue weighted by atomic mass is 10.1. The highest BCUT2D eigenvalue weighted by Gasteiger charge is 2.27. The monoisotopic (exact) mass is 320 g/mol. The Morgan fingerprint density at radius 2 is 1.27 bits per heavy atom. The van der Waals surface area contributed by atoms with E-state index in [-0.39, 0.29) is 21.3 Å². The van der Waals surface area contributed by atoms with Crippen LogP contribution in [0.15, 0.2) is 28.0 Å². The molecule has 0 aromatic heterocycles. The van der Waals surface area contributed by atoms with Gasteiger partial charge in [0.2, 0.25) is 9.84 Å². The van der Waals surface area contributed by atoms with Crippen molar-refractivity contribution in [2.45, 2.75) is 44.4 Å². The second kappa shape index (κ2) is 5.32. The minimum atomic E-state index is -3.79. The Morgan fingerprint density at radius 1 is 0.727 bits per heavy atom. The number of phenols is 2. The predicted octanol–water partition coefficient (Wildman–Crippen LogP) is 3.47. The quantitative estimate of drug-likeness (QED) is 0.888. The molecule has 0 spiro atoms. The maximum atomic E-state index is 13.1. The molecule has 0 aliphatic carbocycles. The SMILES string of the molecule is Cc1cc(S(=O)(=O)c2c(C)c(C)cc(O)c2C)c(C)cc1O. The summed E-state index contributed by atoms with van der Waals surface area (Å²) in [5.74, 6) is 0.0341. The van der Waals surface area contributed by atoms with Gasteiger partial charge in [-0.2, -0.15) is 0 Å². The molecule has 4 nitrogen and oxygen atoms in total.